The Balaban J connectivity index is 1.80. The number of aryl methyl sites for hydroxylation is 1. The van der Waals surface area contributed by atoms with E-state index >= 15 is 0 Å². The molecule has 3 heterocycles. The summed E-state index contributed by atoms with van der Waals surface area (Å²) in [5, 5.41) is 9.75. The van der Waals surface area contributed by atoms with Crippen LogP contribution in [0.4, 0.5) is 0 Å². The summed E-state index contributed by atoms with van der Waals surface area (Å²) < 4.78 is 3.90. The highest BCUT2D eigenvalue weighted by Crippen LogP contribution is 2.21. The van der Waals surface area contributed by atoms with Crippen LogP contribution in [0, 0.1) is 6.92 Å². The molecule has 0 unspecified atom stereocenters. The van der Waals surface area contributed by atoms with Crippen molar-refractivity contribution < 1.29 is 0 Å². The summed E-state index contributed by atoms with van der Waals surface area (Å²) in [6, 6.07) is 3.75. The highest BCUT2D eigenvalue weighted by molar-refractivity contribution is 7.98. The molecule has 3 aromatic heterocycles. The van der Waals surface area contributed by atoms with Crippen molar-refractivity contribution in [2.24, 2.45) is 7.05 Å². The lowest BCUT2D eigenvalue weighted by atomic mass is 10.5. The summed E-state index contributed by atoms with van der Waals surface area (Å²) in [5.74, 6) is 1.66. The molecule has 0 amide bonds. The number of thioether (sulfide) groups is 1. The van der Waals surface area contributed by atoms with Gasteiger partial charge in [-0.2, -0.15) is 0 Å². The zero-order valence-corrected chi connectivity index (χ0v) is 12.1. The monoisotopic (exact) mass is 293 g/mol. The number of nitrogens with zero attached hydrogens (tertiary/aromatic N) is 5. The average Bonchev–Trinajstić information content (AvgIpc) is 2.92. The minimum absolute atomic E-state index is 0.702. The maximum Gasteiger partial charge on any atom is 0.191 e. The van der Waals surface area contributed by atoms with E-state index in [0.717, 1.165) is 28.1 Å². The third kappa shape index (κ3) is 2.46. The predicted molar refractivity (Wildman–Crippen MR) is 75.5 cm³/mol. The lowest BCUT2D eigenvalue weighted by Gasteiger charge is -1.98. The summed E-state index contributed by atoms with van der Waals surface area (Å²) in [4.78, 5) is 4.53. The molecule has 0 aliphatic rings. The largest absolute Gasteiger partial charge is 0.309 e. The Kier molecular flexibility index (Phi) is 3.20. The lowest BCUT2D eigenvalue weighted by molar-refractivity contribution is 0.765. The van der Waals surface area contributed by atoms with Gasteiger partial charge in [-0.3, -0.25) is 0 Å². The van der Waals surface area contributed by atoms with Crippen LogP contribution in [0.5, 0.6) is 0 Å². The van der Waals surface area contributed by atoms with Gasteiger partial charge < -0.3 is 8.97 Å². The Morgan fingerprint density at radius 1 is 1.26 bits per heavy atom. The number of aromatic nitrogens is 5. The van der Waals surface area contributed by atoms with E-state index in [1.54, 1.807) is 11.8 Å². The predicted octanol–water partition coefficient (Wildman–Crippen LogP) is 2.72. The molecule has 7 heteroatoms. The molecule has 0 radical (unpaired) electrons. The Morgan fingerprint density at radius 2 is 2.11 bits per heavy atom. The van der Waals surface area contributed by atoms with Crippen molar-refractivity contribution >= 4 is 29.0 Å². The Hall–Kier alpha value is -1.53. The molecule has 0 N–H and O–H groups in total. The first-order valence-electron chi connectivity index (χ1n) is 5.75. The third-order valence-corrected chi connectivity index (χ3v) is 4.14. The van der Waals surface area contributed by atoms with Crippen molar-refractivity contribution in [1.29, 1.82) is 0 Å². The van der Waals surface area contributed by atoms with Crippen LogP contribution in [0.1, 0.15) is 11.5 Å². The molecule has 0 fully saturated rings. The summed E-state index contributed by atoms with van der Waals surface area (Å²) in [6.45, 7) is 1.93. The first-order valence-corrected chi connectivity index (χ1v) is 7.12. The van der Waals surface area contributed by atoms with Gasteiger partial charge in [-0.15, -0.1) is 10.2 Å². The molecule has 5 nitrogen and oxygen atoms in total. The Bertz CT molecular complexity index is 733. The summed E-state index contributed by atoms with van der Waals surface area (Å²) in [6.07, 6.45) is 3.84. The fraction of sp³-hybridized carbons (Fsp3) is 0.250. The fourth-order valence-electron chi connectivity index (χ4n) is 1.74. The molecular weight excluding hydrogens is 282 g/mol. The zero-order chi connectivity index (χ0) is 13.4. The molecule has 0 aliphatic heterocycles. The molecule has 0 atom stereocenters. The molecule has 0 saturated carbocycles. The highest BCUT2D eigenvalue weighted by atomic mass is 35.5. The summed E-state index contributed by atoms with van der Waals surface area (Å²) in [5.41, 5.74) is 1.89. The molecule has 98 valence electrons. The van der Waals surface area contributed by atoms with Crippen LogP contribution in [0.25, 0.3) is 5.65 Å². The van der Waals surface area contributed by atoms with Gasteiger partial charge in [0.05, 0.1) is 10.7 Å². The van der Waals surface area contributed by atoms with E-state index in [1.807, 2.05) is 47.5 Å². The molecular formula is C12H12ClN5S. The number of rotatable bonds is 3. The van der Waals surface area contributed by atoms with Gasteiger partial charge in [-0.25, -0.2) is 4.98 Å². The van der Waals surface area contributed by atoms with Crippen LogP contribution < -0.4 is 0 Å². The van der Waals surface area contributed by atoms with Gasteiger partial charge in [0.1, 0.15) is 11.5 Å². The van der Waals surface area contributed by atoms with E-state index in [2.05, 4.69) is 15.2 Å². The van der Waals surface area contributed by atoms with Crippen LogP contribution in [0.15, 0.2) is 29.7 Å². The molecule has 3 rings (SSSR count). The maximum absolute atomic E-state index is 5.95. The molecule has 0 aromatic carbocycles. The van der Waals surface area contributed by atoms with Gasteiger partial charge in [0, 0.05) is 25.2 Å². The van der Waals surface area contributed by atoms with Gasteiger partial charge in [0.15, 0.2) is 5.16 Å². The van der Waals surface area contributed by atoms with E-state index < -0.39 is 0 Å². The van der Waals surface area contributed by atoms with Crippen molar-refractivity contribution in [1.82, 2.24) is 24.1 Å². The molecule has 0 aliphatic carbocycles. The fourth-order valence-corrected chi connectivity index (χ4v) is 2.75. The normalized spacial score (nSPS) is 11.3. The quantitative estimate of drug-likeness (QED) is 0.697. The average molecular weight is 294 g/mol. The molecule has 3 aromatic rings. The van der Waals surface area contributed by atoms with Gasteiger partial charge >= 0.3 is 0 Å². The second-order valence-corrected chi connectivity index (χ2v) is 5.60. The topological polar surface area (TPSA) is 48.0 Å². The number of hydrogen-bond donors (Lipinski definition) is 0. The Morgan fingerprint density at radius 3 is 2.84 bits per heavy atom. The number of hydrogen-bond acceptors (Lipinski definition) is 4. The van der Waals surface area contributed by atoms with Crippen molar-refractivity contribution in [2.75, 3.05) is 0 Å². The molecule has 19 heavy (non-hydrogen) atoms. The minimum atomic E-state index is 0.702. The standard InChI is InChI=1S/C12H12ClN5S/c1-8-15-16-12(17(8)2)19-7-10-6-18-5-9(13)3-4-11(18)14-10/h3-6H,7H2,1-2H3. The first kappa shape index (κ1) is 12.5. The second-order valence-electron chi connectivity index (χ2n) is 4.22. The number of fused-ring (bicyclic) bond motifs is 1. The van der Waals surface area contributed by atoms with E-state index in [0.29, 0.717) is 5.02 Å². The minimum Gasteiger partial charge on any atom is -0.309 e. The molecule has 0 spiro atoms. The van der Waals surface area contributed by atoms with Gasteiger partial charge in [-0.05, 0) is 19.1 Å². The van der Waals surface area contributed by atoms with E-state index in [-0.39, 0.29) is 0 Å². The van der Waals surface area contributed by atoms with Crippen LogP contribution in [0.3, 0.4) is 0 Å². The maximum atomic E-state index is 5.95. The summed E-state index contributed by atoms with van der Waals surface area (Å²) in [7, 11) is 1.96. The van der Waals surface area contributed by atoms with Crippen LogP contribution >= 0.6 is 23.4 Å². The van der Waals surface area contributed by atoms with Crippen molar-refractivity contribution in [3.05, 3.63) is 41.1 Å². The van der Waals surface area contributed by atoms with Gasteiger partial charge in [0.2, 0.25) is 0 Å². The first-order chi connectivity index (χ1) is 9.13. The van der Waals surface area contributed by atoms with E-state index in [1.165, 1.54) is 0 Å². The van der Waals surface area contributed by atoms with E-state index in [4.69, 9.17) is 11.6 Å². The lowest BCUT2D eigenvalue weighted by Crippen LogP contribution is -1.93. The van der Waals surface area contributed by atoms with Gasteiger partial charge in [-0.1, -0.05) is 23.4 Å². The number of imidazole rings is 1. The third-order valence-electron chi connectivity index (χ3n) is 2.87. The smallest absolute Gasteiger partial charge is 0.191 e. The summed E-state index contributed by atoms with van der Waals surface area (Å²) >= 11 is 7.57. The SMILES string of the molecule is Cc1nnc(SCc2cn3cc(Cl)ccc3n2)n1C. The highest BCUT2D eigenvalue weighted by Gasteiger charge is 2.08. The van der Waals surface area contributed by atoms with Crippen molar-refractivity contribution in [3.63, 3.8) is 0 Å². The number of halogens is 1. The Labute approximate surface area is 119 Å². The second kappa shape index (κ2) is 4.86. The van der Waals surface area contributed by atoms with Crippen LogP contribution in [0.2, 0.25) is 5.02 Å². The van der Waals surface area contributed by atoms with Crippen molar-refractivity contribution in [2.45, 2.75) is 17.8 Å². The van der Waals surface area contributed by atoms with Crippen LogP contribution in [-0.2, 0) is 12.8 Å². The molecule has 0 bridgehead atoms. The number of pyridine rings is 1. The van der Waals surface area contributed by atoms with Gasteiger partial charge in [0.25, 0.3) is 0 Å². The van der Waals surface area contributed by atoms with Crippen molar-refractivity contribution in [3.8, 4) is 0 Å². The van der Waals surface area contributed by atoms with Crippen LogP contribution in [-0.4, -0.2) is 24.1 Å². The van der Waals surface area contributed by atoms with E-state index in [9.17, 15) is 0 Å². The zero-order valence-electron chi connectivity index (χ0n) is 10.5. The molecule has 0 saturated heterocycles.